The van der Waals surface area contributed by atoms with Gasteiger partial charge in [-0.05, 0) is 24.3 Å². The maximum atomic E-state index is 11.8. The van der Waals surface area contributed by atoms with Gasteiger partial charge in [0, 0.05) is 23.2 Å². The van der Waals surface area contributed by atoms with Crippen LogP contribution in [0.5, 0.6) is 11.5 Å². The van der Waals surface area contributed by atoms with Crippen molar-refractivity contribution in [3.63, 3.8) is 0 Å². The second kappa shape index (κ2) is 6.77. The quantitative estimate of drug-likeness (QED) is 0.681. The molecule has 0 unspecified atom stereocenters. The van der Waals surface area contributed by atoms with E-state index >= 15 is 0 Å². The number of halogens is 1. The van der Waals surface area contributed by atoms with Gasteiger partial charge >= 0.3 is 6.09 Å². The number of nitrogens with zero attached hydrogens (tertiary/aromatic N) is 1. The van der Waals surface area contributed by atoms with E-state index in [2.05, 4.69) is 5.32 Å². The molecule has 2 rings (SSSR count). The van der Waals surface area contributed by atoms with E-state index in [0.29, 0.717) is 16.5 Å². The number of carbonyl (C=O) groups excluding carboxylic acids is 1. The number of non-ortho nitro benzene ring substituents is 1. The number of nitro benzene ring substituents is 1. The summed E-state index contributed by atoms with van der Waals surface area (Å²) in [5, 5.41) is 13.5. The van der Waals surface area contributed by atoms with Crippen LogP contribution in [0.1, 0.15) is 0 Å². The van der Waals surface area contributed by atoms with Gasteiger partial charge in [-0.2, -0.15) is 0 Å². The summed E-state index contributed by atoms with van der Waals surface area (Å²) >= 11 is 5.82. The third-order valence-electron chi connectivity index (χ3n) is 2.66. The predicted octanol–water partition coefficient (Wildman–Crippen LogP) is 3.87. The average Bonchev–Trinajstić information content (AvgIpc) is 2.49. The van der Waals surface area contributed by atoms with Crippen LogP contribution in [0.3, 0.4) is 0 Å². The summed E-state index contributed by atoms with van der Waals surface area (Å²) in [7, 11) is 1.44. The Balaban J connectivity index is 2.05. The first-order chi connectivity index (χ1) is 10.5. The molecule has 0 aliphatic carbocycles. The summed E-state index contributed by atoms with van der Waals surface area (Å²) in [5.74, 6) is 0.559. The van der Waals surface area contributed by atoms with Crippen LogP contribution in [-0.4, -0.2) is 18.1 Å². The second-order valence-corrected chi connectivity index (χ2v) is 4.55. The summed E-state index contributed by atoms with van der Waals surface area (Å²) in [6.07, 6.45) is -0.755. The van der Waals surface area contributed by atoms with Crippen molar-refractivity contribution in [2.75, 3.05) is 12.4 Å². The van der Waals surface area contributed by atoms with Crippen LogP contribution in [0.2, 0.25) is 5.02 Å². The molecule has 0 aliphatic heterocycles. The minimum atomic E-state index is -0.755. The summed E-state index contributed by atoms with van der Waals surface area (Å²) in [4.78, 5) is 21.8. The van der Waals surface area contributed by atoms with Crippen molar-refractivity contribution >= 4 is 29.1 Å². The molecule has 0 atom stereocenters. The van der Waals surface area contributed by atoms with Crippen molar-refractivity contribution in [1.82, 2.24) is 0 Å². The molecule has 7 nitrogen and oxygen atoms in total. The highest BCUT2D eigenvalue weighted by Gasteiger charge is 2.11. The number of carbonyl (C=O) groups is 1. The molecule has 0 spiro atoms. The van der Waals surface area contributed by atoms with Gasteiger partial charge in [-0.1, -0.05) is 11.6 Å². The molecule has 0 fully saturated rings. The maximum absolute atomic E-state index is 11.8. The Morgan fingerprint density at radius 2 is 1.91 bits per heavy atom. The summed E-state index contributed by atoms with van der Waals surface area (Å²) in [5.41, 5.74) is 0.297. The van der Waals surface area contributed by atoms with Gasteiger partial charge in [0.1, 0.15) is 11.5 Å². The molecule has 22 heavy (non-hydrogen) atoms. The zero-order valence-corrected chi connectivity index (χ0v) is 12.2. The van der Waals surface area contributed by atoms with Crippen LogP contribution in [-0.2, 0) is 0 Å². The molecule has 0 saturated heterocycles. The number of hydrogen-bond acceptors (Lipinski definition) is 5. The monoisotopic (exact) mass is 322 g/mol. The van der Waals surface area contributed by atoms with Crippen LogP contribution in [0.25, 0.3) is 0 Å². The van der Waals surface area contributed by atoms with Crippen molar-refractivity contribution in [2.45, 2.75) is 0 Å². The molecule has 1 amide bonds. The maximum Gasteiger partial charge on any atom is 0.417 e. The van der Waals surface area contributed by atoms with Crippen molar-refractivity contribution < 1.29 is 19.2 Å². The fraction of sp³-hybridized carbons (Fsp3) is 0.0714. The van der Waals surface area contributed by atoms with E-state index in [0.717, 1.165) is 0 Å². The zero-order valence-electron chi connectivity index (χ0n) is 11.4. The molecule has 0 aliphatic rings. The number of hydrogen-bond donors (Lipinski definition) is 1. The fourth-order valence-electron chi connectivity index (χ4n) is 1.65. The predicted molar refractivity (Wildman–Crippen MR) is 80.7 cm³/mol. The topological polar surface area (TPSA) is 90.7 Å². The number of nitro groups is 1. The fourth-order valence-corrected chi connectivity index (χ4v) is 1.81. The van der Waals surface area contributed by atoms with Crippen molar-refractivity contribution in [2.24, 2.45) is 0 Å². The number of anilines is 1. The normalized spacial score (nSPS) is 9.91. The van der Waals surface area contributed by atoms with Gasteiger partial charge in [0.05, 0.1) is 17.7 Å². The van der Waals surface area contributed by atoms with Crippen LogP contribution in [0.4, 0.5) is 16.2 Å². The van der Waals surface area contributed by atoms with E-state index in [-0.39, 0.29) is 11.4 Å². The van der Waals surface area contributed by atoms with Gasteiger partial charge in [-0.3, -0.25) is 15.4 Å². The lowest BCUT2D eigenvalue weighted by Gasteiger charge is -2.10. The molecule has 0 saturated carbocycles. The molecule has 8 heteroatoms. The van der Waals surface area contributed by atoms with Gasteiger partial charge in [0.2, 0.25) is 0 Å². The van der Waals surface area contributed by atoms with Crippen molar-refractivity contribution in [1.29, 1.82) is 0 Å². The van der Waals surface area contributed by atoms with Gasteiger partial charge in [0.25, 0.3) is 5.69 Å². The Labute approximate surface area is 130 Å². The molecule has 0 radical (unpaired) electrons. The summed E-state index contributed by atoms with van der Waals surface area (Å²) in [6.45, 7) is 0. The van der Waals surface area contributed by atoms with Gasteiger partial charge < -0.3 is 9.47 Å². The first-order valence-electron chi connectivity index (χ1n) is 6.06. The van der Waals surface area contributed by atoms with Crippen molar-refractivity contribution in [3.05, 3.63) is 57.6 Å². The standard InChI is InChI=1S/C14H11ClN2O5/c1-21-13-8-9(15)2-7-12(13)16-14(18)22-11-5-3-10(4-6-11)17(19)20/h2-8H,1H3,(H,16,18). The summed E-state index contributed by atoms with van der Waals surface area (Å²) < 4.78 is 10.1. The van der Waals surface area contributed by atoms with Crippen LogP contribution >= 0.6 is 11.6 Å². The minimum absolute atomic E-state index is 0.0906. The molecular weight excluding hydrogens is 312 g/mol. The number of amides is 1. The molecule has 0 bridgehead atoms. The smallest absolute Gasteiger partial charge is 0.417 e. The van der Waals surface area contributed by atoms with Crippen LogP contribution in [0.15, 0.2) is 42.5 Å². The Bertz CT molecular complexity index is 703. The Hall–Kier alpha value is -2.80. The van der Waals surface area contributed by atoms with Gasteiger partial charge in [0.15, 0.2) is 0 Å². The average molecular weight is 323 g/mol. The molecule has 0 aromatic heterocycles. The second-order valence-electron chi connectivity index (χ2n) is 4.11. The van der Waals surface area contributed by atoms with Crippen LogP contribution in [0, 0.1) is 10.1 Å². The number of rotatable bonds is 4. The first-order valence-corrected chi connectivity index (χ1v) is 6.44. The zero-order chi connectivity index (χ0) is 16.1. The van der Waals surface area contributed by atoms with Gasteiger partial charge in [-0.25, -0.2) is 4.79 Å². The van der Waals surface area contributed by atoms with E-state index in [4.69, 9.17) is 21.1 Å². The summed E-state index contributed by atoms with van der Waals surface area (Å²) in [6, 6.07) is 9.84. The van der Waals surface area contributed by atoms with E-state index in [1.54, 1.807) is 18.2 Å². The Kier molecular flexibility index (Phi) is 4.80. The SMILES string of the molecule is COc1cc(Cl)ccc1NC(=O)Oc1ccc([N+](=O)[O-])cc1. The first kappa shape index (κ1) is 15.6. The third kappa shape index (κ3) is 3.86. The lowest BCUT2D eigenvalue weighted by molar-refractivity contribution is -0.384. The molecular formula is C14H11ClN2O5. The molecule has 0 heterocycles. The highest BCUT2D eigenvalue weighted by atomic mass is 35.5. The molecule has 1 N–H and O–H groups in total. The molecule has 114 valence electrons. The van der Waals surface area contributed by atoms with Crippen molar-refractivity contribution in [3.8, 4) is 11.5 Å². The van der Waals surface area contributed by atoms with E-state index in [1.165, 1.54) is 31.4 Å². The number of nitrogens with one attached hydrogen (secondary N) is 1. The van der Waals surface area contributed by atoms with Gasteiger partial charge in [-0.15, -0.1) is 0 Å². The Morgan fingerprint density at radius 1 is 1.23 bits per heavy atom. The van der Waals surface area contributed by atoms with E-state index in [9.17, 15) is 14.9 Å². The largest absolute Gasteiger partial charge is 0.495 e. The molecule has 2 aromatic rings. The lowest BCUT2D eigenvalue weighted by Crippen LogP contribution is -2.17. The molecule has 2 aromatic carbocycles. The van der Waals surface area contributed by atoms with Crippen LogP contribution < -0.4 is 14.8 Å². The highest BCUT2D eigenvalue weighted by molar-refractivity contribution is 6.30. The minimum Gasteiger partial charge on any atom is -0.495 e. The van der Waals surface area contributed by atoms with E-state index < -0.39 is 11.0 Å². The number of ether oxygens (including phenoxy) is 2. The third-order valence-corrected chi connectivity index (χ3v) is 2.89. The highest BCUT2D eigenvalue weighted by Crippen LogP contribution is 2.28. The number of benzene rings is 2. The Morgan fingerprint density at radius 3 is 2.50 bits per heavy atom. The lowest BCUT2D eigenvalue weighted by atomic mass is 10.3. The number of methoxy groups -OCH3 is 1. The van der Waals surface area contributed by atoms with E-state index in [1.807, 2.05) is 0 Å².